The molecule has 0 unspecified atom stereocenters. The van der Waals surface area contributed by atoms with Gasteiger partial charge in [0.1, 0.15) is 5.41 Å². The predicted octanol–water partition coefficient (Wildman–Crippen LogP) is 1.95. The van der Waals surface area contributed by atoms with E-state index in [-0.39, 0.29) is 5.91 Å². The second-order valence-electron chi connectivity index (χ2n) is 4.67. The molecule has 0 radical (unpaired) electrons. The molecule has 1 aromatic rings. The van der Waals surface area contributed by atoms with E-state index < -0.39 is 11.4 Å². The fraction of sp³-hybridized carbons (Fsp3) is 0.538. The molecule has 1 heterocycles. The van der Waals surface area contributed by atoms with E-state index in [1.54, 1.807) is 37.1 Å². The molecule has 0 aliphatic rings. The number of esters is 1. The molecule has 0 atom stereocenters. The lowest BCUT2D eigenvalue weighted by Crippen LogP contribution is -2.44. The van der Waals surface area contributed by atoms with Crippen LogP contribution in [0.15, 0.2) is 17.5 Å². The quantitative estimate of drug-likeness (QED) is 0.606. The maximum atomic E-state index is 12.2. The molecule has 0 fully saturated rings. The van der Waals surface area contributed by atoms with E-state index in [1.165, 1.54) is 12.0 Å². The van der Waals surface area contributed by atoms with Gasteiger partial charge >= 0.3 is 5.97 Å². The third-order valence-electron chi connectivity index (χ3n) is 2.85. The Kier molecular flexibility index (Phi) is 4.90. The molecule has 4 nitrogen and oxygen atoms in total. The lowest BCUT2D eigenvalue weighted by molar-refractivity contribution is -0.160. The first-order valence-corrected chi connectivity index (χ1v) is 6.64. The Balaban J connectivity index is 2.58. The Morgan fingerprint density at radius 3 is 2.61 bits per heavy atom. The van der Waals surface area contributed by atoms with E-state index in [0.717, 1.165) is 6.42 Å². The van der Waals surface area contributed by atoms with Crippen LogP contribution in [0.25, 0.3) is 0 Å². The Morgan fingerprint density at radius 2 is 2.11 bits per heavy atom. The fourth-order valence-electron chi connectivity index (χ4n) is 1.65. The molecule has 0 aliphatic carbocycles. The van der Waals surface area contributed by atoms with Crippen molar-refractivity contribution in [3.63, 3.8) is 0 Å². The van der Waals surface area contributed by atoms with Crippen molar-refractivity contribution in [3.8, 4) is 0 Å². The predicted molar refractivity (Wildman–Crippen MR) is 71.5 cm³/mol. The van der Waals surface area contributed by atoms with Crippen LogP contribution < -0.4 is 0 Å². The highest BCUT2D eigenvalue weighted by atomic mass is 32.1. The minimum Gasteiger partial charge on any atom is -0.468 e. The zero-order valence-electron chi connectivity index (χ0n) is 11.2. The van der Waals surface area contributed by atoms with Gasteiger partial charge in [0.25, 0.3) is 0 Å². The van der Waals surface area contributed by atoms with E-state index in [1.807, 2.05) is 17.5 Å². The molecule has 5 heteroatoms. The molecule has 0 spiro atoms. The average molecular weight is 269 g/mol. The van der Waals surface area contributed by atoms with E-state index in [9.17, 15) is 9.59 Å². The number of hydrogen-bond donors (Lipinski definition) is 0. The standard InChI is InChI=1S/C13H19NO3S/c1-13(2,12(16)17-4)11(15)14(3)8-7-10-6-5-9-18-10/h5-6,9H,7-8H2,1-4H3. The lowest BCUT2D eigenvalue weighted by Gasteiger charge is -2.26. The molecule has 1 aromatic heterocycles. The third kappa shape index (κ3) is 3.32. The summed E-state index contributed by atoms with van der Waals surface area (Å²) in [5, 5.41) is 2.01. The number of nitrogens with zero attached hydrogens (tertiary/aromatic N) is 1. The van der Waals surface area contributed by atoms with Gasteiger partial charge < -0.3 is 9.64 Å². The van der Waals surface area contributed by atoms with Crippen LogP contribution in [-0.2, 0) is 20.7 Å². The number of rotatable bonds is 5. The van der Waals surface area contributed by atoms with Crippen LogP contribution in [0.3, 0.4) is 0 Å². The lowest BCUT2D eigenvalue weighted by atomic mass is 9.92. The van der Waals surface area contributed by atoms with Crippen LogP contribution in [0.5, 0.6) is 0 Å². The maximum absolute atomic E-state index is 12.2. The summed E-state index contributed by atoms with van der Waals surface area (Å²) >= 11 is 1.67. The summed E-state index contributed by atoms with van der Waals surface area (Å²) in [6, 6.07) is 4.02. The molecular formula is C13H19NO3S. The summed E-state index contributed by atoms with van der Waals surface area (Å²) in [5.41, 5.74) is -1.13. The van der Waals surface area contributed by atoms with Crippen molar-refractivity contribution < 1.29 is 14.3 Å². The Hall–Kier alpha value is -1.36. The normalized spacial score (nSPS) is 11.1. The number of thiophene rings is 1. The zero-order chi connectivity index (χ0) is 13.8. The summed E-state index contributed by atoms with van der Waals surface area (Å²) in [5.74, 6) is -0.721. The highest BCUT2D eigenvalue weighted by Gasteiger charge is 2.39. The smallest absolute Gasteiger partial charge is 0.320 e. The molecule has 100 valence electrons. The van der Waals surface area contributed by atoms with Gasteiger partial charge in [0.2, 0.25) is 5.91 Å². The van der Waals surface area contributed by atoms with Gasteiger partial charge in [-0.25, -0.2) is 0 Å². The van der Waals surface area contributed by atoms with Crippen LogP contribution in [0.2, 0.25) is 0 Å². The molecule has 0 saturated heterocycles. The molecular weight excluding hydrogens is 250 g/mol. The number of carbonyl (C=O) groups is 2. The number of hydrogen-bond acceptors (Lipinski definition) is 4. The van der Waals surface area contributed by atoms with Gasteiger partial charge in [0.15, 0.2) is 0 Å². The molecule has 0 saturated carbocycles. The summed E-state index contributed by atoms with van der Waals surface area (Å²) in [6.07, 6.45) is 0.803. The molecule has 1 amide bonds. The molecule has 0 aliphatic heterocycles. The van der Waals surface area contributed by atoms with Gasteiger partial charge in [-0.1, -0.05) is 6.07 Å². The van der Waals surface area contributed by atoms with Crippen LogP contribution in [0, 0.1) is 5.41 Å². The molecule has 18 heavy (non-hydrogen) atoms. The van der Waals surface area contributed by atoms with Gasteiger partial charge in [-0.2, -0.15) is 0 Å². The van der Waals surface area contributed by atoms with Crippen molar-refractivity contribution in [1.82, 2.24) is 4.90 Å². The van der Waals surface area contributed by atoms with E-state index in [0.29, 0.717) is 6.54 Å². The fourth-order valence-corrected chi connectivity index (χ4v) is 2.35. The van der Waals surface area contributed by atoms with Crippen molar-refractivity contribution in [2.24, 2.45) is 5.41 Å². The minimum atomic E-state index is -1.13. The number of methoxy groups -OCH3 is 1. The van der Waals surface area contributed by atoms with Crippen molar-refractivity contribution >= 4 is 23.2 Å². The molecule has 0 aromatic carbocycles. The first-order valence-electron chi connectivity index (χ1n) is 5.76. The first kappa shape index (κ1) is 14.7. The zero-order valence-corrected chi connectivity index (χ0v) is 12.0. The third-order valence-corrected chi connectivity index (χ3v) is 3.79. The summed E-state index contributed by atoms with van der Waals surface area (Å²) in [4.78, 5) is 26.5. The second kappa shape index (κ2) is 6.00. The van der Waals surface area contributed by atoms with Gasteiger partial charge in [0.05, 0.1) is 7.11 Å². The van der Waals surface area contributed by atoms with Gasteiger partial charge in [-0.05, 0) is 31.7 Å². The van der Waals surface area contributed by atoms with Crippen molar-refractivity contribution in [3.05, 3.63) is 22.4 Å². The highest BCUT2D eigenvalue weighted by Crippen LogP contribution is 2.20. The number of ether oxygens (including phenoxy) is 1. The topological polar surface area (TPSA) is 46.6 Å². The Morgan fingerprint density at radius 1 is 1.44 bits per heavy atom. The summed E-state index contributed by atoms with van der Waals surface area (Å²) in [7, 11) is 3.00. The van der Waals surface area contributed by atoms with Gasteiger partial charge in [0, 0.05) is 18.5 Å². The van der Waals surface area contributed by atoms with Crippen molar-refractivity contribution in [2.45, 2.75) is 20.3 Å². The molecule has 0 bridgehead atoms. The Bertz CT molecular complexity index is 412. The minimum absolute atomic E-state index is 0.217. The summed E-state index contributed by atoms with van der Waals surface area (Å²) < 4.78 is 4.65. The highest BCUT2D eigenvalue weighted by molar-refractivity contribution is 7.09. The van der Waals surface area contributed by atoms with Crippen LogP contribution in [0.1, 0.15) is 18.7 Å². The SMILES string of the molecule is COC(=O)C(C)(C)C(=O)N(C)CCc1cccs1. The number of likely N-dealkylation sites (N-methyl/N-ethyl adjacent to an activating group) is 1. The summed E-state index contributed by atoms with van der Waals surface area (Å²) in [6.45, 7) is 3.77. The molecule has 0 N–H and O–H groups in total. The van der Waals surface area contributed by atoms with Crippen molar-refractivity contribution in [2.75, 3.05) is 20.7 Å². The number of amides is 1. The maximum Gasteiger partial charge on any atom is 0.320 e. The van der Waals surface area contributed by atoms with E-state index in [4.69, 9.17) is 0 Å². The van der Waals surface area contributed by atoms with Gasteiger partial charge in [-0.15, -0.1) is 11.3 Å². The second-order valence-corrected chi connectivity index (χ2v) is 5.70. The van der Waals surface area contributed by atoms with Crippen LogP contribution in [0.4, 0.5) is 0 Å². The number of carbonyl (C=O) groups excluding carboxylic acids is 2. The monoisotopic (exact) mass is 269 g/mol. The largest absolute Gasteiger partial charge is 0.468 e. The van der Waals surface area contributed by atoms with Gasteiger partial charge in [-0.3, -0.25) is 9.59 Å². The first-order chi connectivity index (χ1) is 8.39. The van der Waals surface area contributed by atoms with Crippen molar-refractivity contribution in [1.29, 1.82) is 0 Å². The van der Waals surface area contributed by atoms with E-state index in [2.05, 4.69) is 4.74 Å². The van der Waals surface area contributed by atoms with Crippen LogP contribution >= 0.6 is 11.3 Å². The molecule has 1 rings (SSSR count). The van der Waals surface area contributed by atoms with Crippen LogP contribution in [-0.4, -0.2) is 37.5 Å². The average Bonchev–Trinajstić information content (AvgIpc) is 2.86. The Labute approximate surface area is 112 Å². The van der Waals surface area contributed by atoms with E-state index >= 15 is 0 Å².